The van der Waals surface area contributed by atoms with E-state index < -0.39 is 11.8 Å². The minimum Gasteiger partial charge on any atom is -0.387 e. The third kappa shape index (κ3) is 2.86. The molecule has 0 radical (unpaired) electrons. The van der Waals surface area contributed by atoms with Gasteiger partial charge in [0.1, 0.15) is 12.0 Å². The number of piperidine rings is 1. The Hall–Kier alpha value is -1.40. The number of likely N-dealkylation sites (tertiary alicyclic amines) is 1. The second-order valence-electron chi connectivity index (χ2n) is 5.98. The Kier molecular flexibility index (Phi) is 3.52. The Labute approximate surface area is 118 Å². The predicted octanol–water partition coefficient (Wildman–Crippen LogP) is 0.649. The van der Waals surface area contributed by atoms with E-state index in [0.29, 0.717) is 32.0 Å². The lowest BCUT2D eigenvalue weighted by Gasteiger charge is -2.45. The monoisotopic (exact) mass is 280 g/mol. The number of rotatable bonds is 3. The summed E-state index contributed by atoms with van der Waals surface area (Å²) < 4.78 is 12.9. The highest BCUT2D eigenvalue weighted by Crippen LogP contribution is 2.28. The van der Waals surface area contributed by atoms with Crippen LogP contribution in [0.25, 0.3) is 0 Å². The normalized spacial score (nSPS) is 28.4. The molecule has 1 aromatic heterocycles. The molecule has 0 saturated carbocycles. The largest absolute Gasteiger partial charge is 0.387 e. The quantitative estimate of drug-likeness (QED) is 0.851. The van der Waals surface area contributed by atoms with Crippen molar-refractivity contribution in [3.8, 4) is 0 Å². The van der Waals surface area contributed by atoms with Crippen molar-refractivity contribution in [3.63, 3.8) is 0 Å². The van der Waals surface area contributed by atoms with E-state index in [4.69, 9.17) is 5.73 Å². The highest BCUT2D eigenvalue weighted by molar-refractivity contribution is 5.48. The van der Waals surface area contributed by atoms with Crippen molar-refractivity contribution in [1.29, 1.82) is 0 Å². The zero-order chi connectivity index (χ0) is 14.2. The number of anilines is 2. The maximum Gasteiger partial charge on any atom is 0.125 e. The summed E-state index contributed by atoms with van der Waals surface area (Å²) in [5.41, 5.74) is 5.80. The molecule has 1 atom stereocenters. The van der Waals surface area contributed by atoms with Crippen molar-refractivity contribution in [3.05, 3.63) is 18.3 Å². The Bertz CT molecular complexity index is 463. The number of β-amino-alcohol motifs (C(OH)–C–C–N with tert-alkyl or cyclic N) is 1. The summed E-state index contributed by atoms with van der Waals surface area (Å²) in [4.78, 5) is 8.20. The number of hydrogen-bond donors (Lipinski definition) is 2. The summed E-state index contributed by atoms with van der Waals surface area (Å²) in [5, 5.41) is 10.7. The summed E-state index contributed by atoms with van der Waals surface area (Å²) in [5.74, 6) is 0.496. The fraction of sp³-hybridized carbons (Fsp3) is 0.643. The molecule has 20 heavy (non-hydrogen) atoms. The van der Waals surface area contributed by atoms with Crippen LogP contribution in [0, 0.1) is 0 Å². The van der Waals surface area contributed by atoms with E-state index >= 15 is 0 Å². The van der Waals surface area contributed by atoms with Crippen LogP contribution in [-0.2, 0) is 0 Å². The zero-order valence-corrected chi connectivity index (χ0v) is 11.5. The first kappa shape index (κ1) is 13.6. The van der Waals surface area contributed by atoms with E-state index in [1.54, 1.807) is 12.3 Å². The summed E-state index contributed by atoms with van der Waals surface area (Å²) in [6.45, 7) is 2.91. The number of aromatic nitrogens is 1. The molecule has 0 aromatic carbocycles. The molecule has 1 unspecified atom stereocenters. The zero-order valence-electron chi connectivity index (χ0n) is 11.5. The van der Waals surface area contributed by atoms with Gasteiger partial charge in [-0.1, -0.05) is 0 Å². The molecule has 2 saturated heterocycles. The minimum absolute atomic E-state index is 0.450. The van der Waals surface area contributed by atoms with Gasteiger partial charge in [0.2, 0.25) is 0 Å². The third-order valence-electron chi connectivity index (χ3n) is 4.12. The van der Waals surface area contributed by atoms with Crippen molar-refractivity contribution < 1.29 is 9.50 Å². The van der Waals surface area contributed by atoms with Gasteiger partial charge in [-0.2, -0.15) is 0 Å². The Morgan fingerprint density at radius 3 is 2.90 bits per heavy atom. The molecule has 2 aliphatic rings. The molecule has 6 heteroatoms. The molecule has 5 nitrogen and oxygen atoms in total. The van der Waals surface area contributed by atoms with Crippen LogP contribution in [0.3, 0.4) is 0 Å². The first-order valence-electron chi connectivity index (χ1n) is 7.09. The second kappa shape index (κ2) is 5.18. The molecule has 2 fully saturated rings. The Morgan fingerprint density at radius 1 is 1.45 bits per heavy atom. The van der Waals surface area contributed by atoms with Gasteiger partial charge in [0.05, 0.1) is 17.5 Å². The topological polar surface area (TPSA) is 65.6 Å². The van der Waals surface area contributed by atoms with Gasteiger partial charge >= 0.3 is 0 Å². The van der Waals surface area contributed by atoms with E-state index in [1.807, 2.05) is 11.0 Å². The minimum atomic E-state index is -0.764. The fourth-order valence-corrected chi connectivity index (χ4v) is 3.10. The number of nitrogens with zero attached hydrogens (tertiary/aromatic N) is 3. The molecule has 3 N–H and O–H groups in total. The highest BCUT2D eigenvalue weighted by Gasteiger charge is 2.38. The number of hydrogen-bond acceptors (Lipinski definition) is 5. The van der Waals surface area contributed by atoms with Crippen molar-refractivity contribution in [2.75, 3.05) is 43.4 Å². The van der Waals surface area contributed by atoms with Gasteiger partial charge in [-0.15, -0.1) is 0 Å². The molecule has 3 heterocycles. The van der Waals surface area contributed by atoms with E-state index in [9.17, 15) is 9.50 Å². The first-order chi connectivity index (χ1) is 9.54. The summed E-state index contributed by atoms with van der Waals surface area (Å²) >= 11 is 0. The summed E-state index contributed by atoms with van der Waals surface area (Å²) in [6.07, 6.45) is 2.70. The van der Waals surface area contributed by atoms with E-state index in [0.717, 1.165) is 25.1 Å². The number of alkyl halides is 1. The maximum atomic E-state index is 12.9. The first-order valence-corrected chi connectivity index (χ1v) is 7.09. The van der Waals surface area contributed by atoms with Gasteiger partial charge in [-0.3, -0.25) is 4.90 Å². The molecular formula is C14H21FN4O. The number of pyridine rings is 1. The smallest absolute Gasteiger partial charge is 0.125 e. The number of halogens is 1. The summed E-state index contributed by atoms with van der Waals surface area (Å²) in [7, 11) is 0. The van der Waals surface area contributed by atoms with Crippen LogP contribution in [0.1, 0.15) is 12.8 Å². The average Bonchev–Trinajstić information content (AvgIpc) is 2.37. The molecule has 0 amide bonds. The van der Waals surface area contributed by atoms with Crippen LogP contribution >= 0.6 is 0 Å². The van der Waals surface area contributed by atoms with Crippen molar-refractivity contribution >= 4 is 11.5 Å². The van der Waals surface area contributed by atoms with E-state index in [2.05, 4.69) is 9.88 Å². The highest BCUT2D eigenvalue weighted by atomic mass is 19.1. The van der Waals surface area contributed by atoms with Crippen molar-refractivity contribution in [2.45, 2.75) is 24.6 Å². The lowest BCUT2D eigenvalue weighted by molar-refractivity contribution is -0.0445. The van der Waals surface area contributed by atoms with Crippen LogP contribution < -0.4 is 10.6 Å². The van der Waals surface area contributed by atoms with Crippen LogP contribution in [0.5, 0.6) is 0 Å². The van der Waals surface area contributed by atoms with Gasteiger partial charge in [0, 0.05) is 32.7 Å². The van der Waals surface area contributed by atoms with Crippen molar-refractivity contribution in [1.82, 2.24) is 9.88 Å². The third-order valence-corrected chi connectivity index (χ3v) is 4.12. The van der Waals surface area contributed by atoms with Gasteiger partial charge in [-0.25, -0.2) is 9.37 Å². The SMILES string of the molecule is Nc1ccc(N2CCCC(O)(CN3CC(F)C3)C2)cn1. The standard InChI is InChI=1S/C14H21FN4O/c15-11-7-18(8-11)9-14(20)4-1-5-19(10-14)12-2-3-13(16)17-6-12/h2-3,6,11,20H,1,4-5,7-10H2,(H2,16,17). The average molecular weight is 280 g/mol. The molecule has 0 spiro atoms. The predicted molar refractivity (Wildman–Crippen MR) is 76.4 cm³/mol. The molecule has 0 bridgehead atoms. The molecule has 0 aliphatic carbocycles. The lowest BCUT2D eigenvalue weighted by atomic mass is 9.91. The van der Waals surface area contributed by atoms with Crippen LogP contribution in [0.2, 0.25) is 0 Å². The Morgan fingerprint density at radius 2 is 2.25 bits per heavy atom. The van der Waals surface area contributed by atoms with Gasteiger partial charge in [0.25, 0.3) is 0 Å². The number of aliphatic hydroxyl groups is 1. The van der Waals surface area contributed by atoms with Crippen LogP contribution in [-0.4, -0.2) is 59.5 Å². The van der Waals surface area contributed by atoms with Crippen LogP contribution in [0.4, 0.5) is 15.9 Å². The molecule has 1 aromatic rings. The summed E-state index contributed by atoms with van der Waals surface area (Å²) in [6, 6.07) is 3.70. The molecule has 3 rings (SSSR count). The molecule has 2 aliphatic heterocycles. The van der Waals surface area contributed by atoms with Gasteiger partial charge in [-0.05, 0) is 25.0 Å². The van der Waals surface area contributed by atoms with Gasteiger partial charge in [0.15, 0.2) is 0 Å². The lowest BCUT2D eigenvalue weighted by Crippen LogP contribution is -2.59. The Balaban J connectivity index is 1.64. The van der Waals surface area contributed by atoms with Crippen LogP contribution in [0.15, 0.2) is 18.3 Å². The van der Waals surface area contributed by atoms with E-state index in [-0.39, 0.29) is 0 Å². The maximum absolute atomic E-state index is 12.9. The number of nitrogens with two attached hydrogens (primary N) is 1. The van der Waals surface area contributed by atoms with Crippen molar-refractivity contribution in [2.24, 2.45) is 0 Å². The van der Waals surface area contributed by atoms with Gasteiger partial charge < -0.3 is 15.7 Å². The molecule has 110 valence electrons. The van der Waals surface area contributed by atoms with E-state index in [1.165, 1.54) is 0 Å². The molecular weight excluding hydrogens is 259 g/mol. The second-order valence-corrected chi connectivity index (χ2v) is 5.98. The fourth-order valence-electron chi connectivity index (χ4n) is 3.10. The number of nitrogen functional groups attached to an aromatic ring is 1.